The number of aliphatic hydroxyl groups is 1. The molecule has 0 aliphatic carbocycles. The van der Waals surface area contributed by atoms with Crippen LogP contribution in [0.5, 0.6) is 0 Å². The molecular formula is C9H19O4. The molecule has 0 aliphatic rings. The minimum Gasteiger partial charge on any atom is -0.396 e. The summed E-state index contributed by atoms with van der Waals surface area (Å²) < 4.78 is 15.5. The van der Waals surface area contributed by atoms with E-state index in [9.17, 15) is 0 Å². The maximum absolute atomic E-state index is 8.89. The summed E-state index contributed by atoms with van der Waals surface area (Å²) in [5.74, 6) is 0. The molecule has 0 bridgehead atoms. The van der Waals surface area contributed by atoms with E-state index in [0.29, 0.717) is 12.8 Å². The summed E-state index contributed by atoms with van der Waals surface area (Å²) in [6.07, 6.45) is 0.428. The molecule has 0 heterocycles. The molecular weight excluding hydrogens is 172 g/mol. The molecule has 0 aromatic heterocycles. The maximum Gasteiger partial charge on any atom is 0.185 e. The van der Waals surface area contributed by atoms with E-state index in [1.807, 2.05) is 0 Å². The summed E-state index contributed by atoms with van der Waals surface area (Å²) in [5, 5.41) is 8.89. The molecule has 0 aliphatic heterocycles. The molecule has 1 radical (unpaired) electrons. The van der Waals surface area contributed by atoms with Crippen molar-refractivity contribution in [3.05, 3.63) is 6.92 Å². The maximum atomic E-state index is 8.89. The Bertz CT molecular complexity index is 119. The van der Waals surface area contributed by atoms with Crippen molar-refractivity contribution in [3.63, 3.8) is 0 Å². The van der Waals surface area contributed by atoms with Crippen LogP contribution in [0.3, 0.4) is 0 Å². The molecule has 0 aromatic carbocycles. The molecule has 0 amide bonds. The molecule has 13 heavy (non-hydrogen) atoms. The van der Waals surface area contributed by atoms with Gasteiger partial charge in [-0.25, -0.2) is 0 Å². The Morgan fingerprint density at radius 2 is 1.85 bits per heavy atom. The fourth-order valence-corrected chi connectivity index (χ4v) is 1.38. The van der Waals surface area contributed by atoms with Gasteiger partial charge in [0.05, 0.1) is 0 Å². The number of ether oxygens (including phenoxy) is 3. The van der Waals surface area contributed by atoms with Crippen molar-refractivity contribution >= 4 is 0 Å². The van der Waals surface area contributed by atoms with E-state index in [0.717, 1.165) is 0 Å². The number of aliphatic hydroxyl groups excluding tert-OH is 1. The Hall–Kier alpha value is -0.160. The predicted molar refractivity (Wildman–Crippen MR) is 49.2 cm³/mol. The van der Waals surface area contributed by atoms with Crippen LogP contribution in [0.4, 0.5) is 0 Å². The Kier molecular flexibility index (Phi) is 6.24. The SMILES string of the molecule is [CH2]CC(CCO)(OC)C(OC)OC. The predicted octanol–water partition coefficient (Wildman–Crippen LogP) is 0.597. The lowest BCUT2D eigenvalue weighted by Gasteiger charge is -2.36. The van der Waals surface area contributed by atoms with Crippen molar-refractivity contribution in [2.45, 2.75) is 24.7 Å². The molecule has 4 heteroatoms. The van der Waals surface area contributed by atoms with E-state index in [-0.39, 0.29) is 6.61 Å². The molecule has 0 rings (SSSR count). The van der Waals surface area contributed by atoms with Gasteiger partial charge >= 0.3 is 0 Å². The van der Waals surface area contributed by atoms with E-state index < -0.39 is 11.9 Å². The van der Waals surface area contributed by atoms with E-state index >= 15 is 0 Å². The third kappa shape index (κ3) is 2.91. The number of hydrogen-bond acceptors (Lipinski definition) is 4. The van der Waals surface area contributed by atoms with Gasteiger partial charge in [-0.15, -0.1) is 0 Å². The first kappa shape index (κ1) is 12.8. The lowest BCUT2D eigenvalue weighted by molar-refractivity contribution is -0.229. The second-order valence-corrected chi connectivity index (χ2v) is 2.80. The minimum absolute atomic E-state index is 0.0204. The first-order chi connectivity index (χ1) is 6.20. The normalized spacial score (nSPS) is 16.2. The van der Waals surface area contributed by atoms with E-state index in [1.165, 1.54) is 14.2 Å². The molecule has 0 fully saturated rings. The number of rotatable bonds is 7. The standard InChI is InChI=1S/C9H19O4/c1-5-9(13-4,6-7-10)8(11-2)12-3/h8,10H,1,5-7H2,2-4H3. The van der Waals surface area contributed by atoms with Crippen LogP contribution in [0.1, 0.15) is 12.8 Å². The number of hydrogen-bond donors (Lipinski definition) is 1. The van der Waals surface area contributed by atoms with Crippen LogP contribution >= 0.6 is 0 Å². The van der Waals surface area contributed by atoms with Crippen molar-refractivity contribution in [2.75, 3.05) is 27.9 Å². The molecule has 0 spiro atoms. The molecule has 1 unspecified atom stereocenters. The van der Waals surface area contributed by atoms with E-state index in [4.69, 9.17) is 19.3 Å². The number of methoxy groups -OCH3 is 3. The molecule has 0 saturated heterocycles. The molecule has 1 atom stereocenters. The van der Waals surface area contributed by atoms with Gasteiger partial charge in [-0.05, 0) is 6.42 Å². The van der Waals surface area contributed by atoms with Crippen LogP contribution in [0, 0.1) is 6.92 Å². The molecule has 0 aromatic rings. The van der Waals surface area contributed by atoms with Gasteiger partial charge in [-0.2, -0.15) is 0 Å². The van der Waals surface area contributed by atoms with Gasteiger partial charge in [0, 0.05) is 34.4 Å². The summed E-state index contributed by atoms with van der Waals surface area (Å²) >= 11 is 0. The van der Waals surface area contributed by atoms with Gasteiger partial charge in [0.15, 0.2) is 6.29 Å². The van der Waals surface area contributed by atoms with Gasteiger partial charge in [0.25, 0.3) is 0 Å². The zero-order chi connectivity index (χ0) is 10.3. The largest absolute Gasteiger partial charge is 0.396 e. The zero-order valence-electron chi connectivity index (χ0n) is 8.58. The second-order valence-electron chi connectivity index (χ2n) is 2.80. The molecule has 79 valence electrons. The van der Waals surface area contributed by atoms with Gasteiger partial charge < -0.3 is 19.3 Å². The molecule has 4 nitrogen and oxygen atoms in total. The van der Waals surface area contributed by atoms with Crippen LogP contribution in [-0.4, -0.2) is 44.9 Å². The first-order valence-corrected chi connectivity index (χ1v) is 4.21. The summed E-state index contributed by atoms with van der Waals surface area (Å²) in [6, 6.07) is 0. The van der Waals surface area contributed by atoms with Crippen molar-refractivity contribution in [1.82, 2.24) is 0 Å². The third-order valence-corrected chi connectivity index (χ3v) is 2.22. The van der Waals surface area contributed by atoms with Gasteiger partial charge in [0.1, 0.15) is 5.60 Å². The quantitative estimate of drug-likeness (QED) is 0.598. The Morgan fingerprint density at radius 1 is 1.31 bits per heavy atom. The second kappa shape index (κ2) is 6.32. The average Bonchev–Trinajstić information content (AvgIpc) is 2.18. The fourth-order valence-electron chi connectivity index (χ4n) is 1.38. The van der Waals surface area contributed by atoms with Crippen LogP contribution in [0.15, 0.2) is 0 Å². The Morgan fingerprint density at radius 3 is 2.08 bits per heavy atom. The van der Waals surface area contributed by atoms with E-state index in [2.05, 4.69) is 6.92 Å². The van der Waals surface area contributed by atoms with Gasteiger partial charge in [-0.3, -0.25) is 0 Å². The van der Waals surface area contributed by atoms with Crippen LogP contribution < -0.4 is 0 Å². The van der Waals surface area contributed by atoms with Crippen molar-refractivity contribution < 1.29 is 19.3 Å². The highest BCUT2D eigenvalue weighted by Crippen LogP contribution is 2.26. The minimum atomic E-state index is -0.655. The zero-order valence-corrected chi connectivity index (χ0v) is 8.58. The topological polar surface area (TPSA) is 47.9 Å². The molecule has 0 saturated carbocycles. The van der Waals surface area contributed by atoms with E-state index in [1.54, 1.807) is 7.11 Å². The van der Waals surface area contributed by atoms with Crippen molar-refractivity contribution in [1.29, 1.82) is 0 Å². The third-order valence-electron chi connectivity index (χ3n) is 2.22. The fraction of sp³-hybridized carbons (Fsp3) is 0.889. The monoisotopic (exact) mass is 191 g/mol. The van der Waals surface area contributed by atoms with Gasteiger partial charge in [-0.1, -0.05) is 6.92 Å². The van der Waals surface area contributed by atoms with Gasteiger partial charge in [0.2, 0.25) is 0 Å². The van der Waals surface area contributed by atoms with Crippen LogP contribution in [-0.2, 0) is 14.2 Å². The highest BCUT2D eigenvalue weighted by molar-refractivity contribution is 4.85. The summed E-state index contributed by atoms with van der Waals surface area (Å²) in [4.78, 5) is 0. The van der Waals surface area contributed by atoms with Crippen molar-refractivity contribution in [2.24, 2.45) is 0 Å². The summed E-state index contributed by atoms with van der Waals surface area (Å²) in [6.45, 7) is 3.79. The smallest absolute Gasteiger partial charge is 0.185 e. The lowest BCUT2D eigenvalue weighted by Crippen LogP contribution is -2.46. The van der Waals surface area contributed by atoms with Crippen molar-refractivity contribution in [3.8, 4) is 0 Å². The summed E-state index contributed by atoms with van der Waals surface area (Å²) in [5.41, 5.74) is -0.655. The Balaban J connectivity index is 4.50. The average molecular weight is 191 g/mol. The van der Waals surface area contributed by atoms with Crippen LogP contribution in [0.2, 0.25) is 0 Å². The first-order valence-electron chi connectivity index (χ1n) is 4.21. The van der Waals surface area contributed by atoms with Crippen LogP contribution in [0.25, 0.3) is 0 Å². The summed E-state index contributed by atoms with van der Waals surface area (Å²) in [7, 11) is 4.63. The highest BCUT2D eigenvalue weighted by atomic mass is 16.7. The highest BCUT2D eigenvalue weighted by Gasteiger charge is 2.37. The lowest BCUT2D eigenvalue weighted by atomic mass is 9.95. The molecule has 1 N–H and O–H groups in total. The Labute approximate surface area is 79.8 Å².